The van der Waals surface area contributed by atoms with Crippen LogP contribution in [0, 0.1) is 13.8 Å². The minimum Gasteiger partial charge on any atom is -0.387 e. The second kappa shape index (κ2) is 6.60. The summed E-state index contributed by atoms with van der Waals surface area (Å²) in [4.78, 5) is 25.0. The highest BCUT2D eigenvalue weighted by Crippen LogP contribution is 2.24. The number of rotatable bonds is 5. The standard InChI is InChI=1S/C16H14F3N3O3S/c1-9-6-11(10(2)21(9)8-16(17,18)19)12(23)7-22-15(24)25-14(20-22)13-4-3-5-26-13/h3-6H,7-8H2,1-2H3. The SMILES string of the molecule is Cc1cc(C(=O)Cn2nc(-c3cccs3)oc2=O)c(C)n1CC(F)(F)F. The lowest BCUT2D eigenvalue weighted by molar-refractivity contribution is -0.141. The van der Waals surface area contributed by atoms with Crippen molar-refractivity contribution in [1.29, 1.82) is 0 Å². The van der Waals surface area contributed by atoms with Crippen molar-refractivity contribution in [3.8, 4) is 10.8 Å². The molecule has 0 saturated carbocycles. The average molecular weight is 385 g/mol. The van der Waals surface area contributed by atoms with Gasteiger partial charge >= 0.3 is 11.9 Å². The molecule has 10 heteroatoms. The van der Waals surface area contributed by atoms with Gasteiger partial charge < -0.3 is 8.98 Å². The van der Waals surface area contributed by atoms with Crippen LogP contribution >= 0.6 is 11.3 Å². The number of nitrogens with zero attached hydrogens (tertiary/aromatic N) is 3. The molecule has 26 heavy (non-hydrogen) atoms. The molecule has 3 aromatic heterocycles. The second-order valence-electron chi connectivity index (χ2n) is 5.72. The Kier molecular flexibility index (Phi) is 4.61. The Labute approximate surface area is 149 Å². The van der Waals surface area contributed by atoms with Gasteiger partial charge in [0.15, 0.2) is 5.78 Å². The molecule has 0 bridgehead atoms. The summed E-state index contributed by atoms with van der Waals surface area (Å²) in [5.74, 6) is -1.22. The van der Waals surface area contributed by atoms with Gasteiger partial charge in [0.2, 0.25) is 0 Å². The number of halogens is 3. The zero-order valence-corrected chi connectivity index (χ0v) is 14.6. The molecule has 6 nitrogen and oxygen atoms in total. The van der Waals surface area contributed by atoms with Crippen LogP contribution in [-0.4, -0.2) is 26.3 Å². The van der Waals surface area contributed by atoms with Gasteiger partial charge in [-0.15, -0.1) is 16.4 Å². The molecular weight excluding hydrogens is 371 g/mol. The van der Waals surface area contributed by atoms with E-state index < -0.39 is 30.8 Å². The first kappa shape index (κ1) is 18.2. The first-order valence-electron chi connectivity index (χ1n) is 7.54. The molecule has 0 radical (unpaired) electrons. The van der Waals surface area contributed by atoms with Crippen LogP contribution in [0.3, 0.4) is 0 Å². The Morgan fingerprint density at radius 2 is 2.08 bits per heavy atom. The maximum absolute atomic E-state index is 12.7. The first-order chi connectivity index (χ1) is 12.2. The van der Waals surface area contributed by atoms with Crippen molar-refractivity contribution >= 4 is 17.1 Å². The summed E-state index contributed by atoms with van der Waals surface area (Å²) in [6, 6.07) is 4.86. The van der Waals surface area contributed by atoms with Crippen LogP contribution in [-0.2, 0) is 13.1 Å². The molecule has 0 unspecified atom stereocenters. The zero-order valence-electron chi connectivity index (χ0n) is 13.8. The third kappa shape index (κ3) is 3.64. The molecule has 0 spiro atoms. The predicted molar refractivity (Wildman–Crippen MR) is 88.4 cm³/mol. The number of ketones is 1. The third-order valence-corrected chi connectivity index (χ3v) is 4.70. The maximum atomic E-state index is 12.7. The molecule has 3 rings (SSSR count). The second-order valence-corrected chi connectivity index (χ2v) is 6.67. The van der Waals surface area contributed by atoms with Gasteiger partial charge in [-0.1, -0.05) is 6.07 Å². The number of alkyl halides is 3. The lowest BCUT2D eigenvalue weighted by Crippen LogP contribution is -2.22. The number of thiophene rings is 1. The van der Waals surface area contributed by atoms with Crippen molar-refractivity contribution in [2.24, 2.45) is 0 Å². The van der Waals surface area contributed by atoms with Crippen LogP contribution in [0.5, 0.6) is 0 Å². The molecule has 0 fully saturated rings. The smallest absolute Gasteiger partial charge is 0.387 e. The lowest BCUT2D eigenvalue weighted by atomic mass is 10.1. The summed E-state index contributed by atoms with van der Waals surface area (Å²) < 4.78 is 44.9. The summed E-state index contributed by atoms with van der Waals surface area (Å²) in [5, 5.41) is 5.76. The molecule has 0 aliphatic rings. The van der Waals surface area contributed by atoms with Crippen molar-refractivity contribution in [3.63, 3.8) is 0 Å². The zero-order chi connectivity index (χ0) is 19.1. The van der Waals surface area contributed by atoms with Gasteiger partial charge in [-0.2, -0.15) is 17.9 Å². The molecule has 0 amide bonds. The van der Waals surface area contributed by atoms with E-state index in [0.29, 0.717) is 10.6 Å². The molecule has 0 aliphatic heterocycles. The summed E-state index contributed by atoms with van der Waals surface area (Å²) in [7, 11) is 0. The van der Waals surface area contributed by atoms with E-state index in [1.54, 1.807) is 17.5 Å². The van der Waals surface area contributed by atoms with E-state index in [4.69, 9.17) is 4.42 Å². The molecular formula is C16H14F3N3O3S. The van der Waals surface area contributed by atoms with Crippen LogP contribution < -0.4 is 5.76 Å². The van der Waals surface area contributed by atoms with E-state index in [-0.39, 0.29) is 17.1 Å². The number of hydrogen-bond donors (Lipinski definition) is 0. The van der Waals surface area contributed by atoms with E-state index in [1.807, 2.05) is 0 Å². The molecule has 0 atom stereocenters. The van der Waals surface area contributed by atoms with Crippen LogP contribution in [0.2, 0.25) is 0 Å². The van der Waals surface area contributed by atoms with E-state index in [1.165, 1.54) is 31.3 Å². The lowest BCUT2D eigenvalue weighted by Gasteiger charge is -2.12. The third-order valence-electron chi connectivity index (χ3n) is 3.84. The Morgan fingerprint density at radius 3 is 2.69 bits per heavy atom. The Balaban J connectivity index is 1.85. The molecule has 0 aliphatic carbocycles. The molecule has 3 aromatic rings. The van der Waals surface area contributed by atoms with Crippen molar-refractivity contribution < 1.29 is 22.4 Å². The highest BCUT2D eigenvalue weighted by molar-refractivity contribution is 7.13. The number of aryl methyl sites for hydroxylation is 1. The Hall–Kier alpha value is -2.62. The van der Waals surface area contributed by atoms with Crippen LogP contribution in [0.1, 0.15) is 21.7 Å². The number of Topliss-reactive ketones (excluding diaryl/α,β-unsaturated/α-hetero) is 1. The minimum atomic E-state index is -4.40. The highest BCUT2D eigenvalue weighted by Gasteiger charge is 2.30. The number of hydrogen-bond acceptors (Lipinski definition) is 5. The number of carbonyl (C=O) groups is 1. The van der Waals surface area contributed by atoms with Crippen molar-refractivity contribution in [3.05, 3.63) is 51.1 Å². The van der Waals surface area contributed by atoms with Crippen LogP contribution in [0.4, 0.5) is 13.2 Å². The molecule has 0 N–H and O–H groups in total. The normalized spacial score (nSPS) is 11.9. The molecule has 3 heterocycles. The average Bonchev–Trinajstić information content (AvgIpc) is 3.23. The van der Waals surface area contributed by atoms with Gasteiger partial charge in [-0.05, 0) is 31.4 Å². The monoisotopic (exact) mass is 385 g/mol. The van der Waals surface area contributed by atoms with Crippen molar-refractivity contribution in [2.75, 3.05) is 0 Å². The molecule has 138 valence electrons. The van der Waals surface area contributed by atoms with E-state index in [9.17, 15) is 22.8 Å². The largest absolute Gasteiger partial charge is 0.437 e. The van der Waals surface area contributed by atoms with Crippen molar-refractivity contribution in [2.45, 2.75) is 33.1 Å². The van der Waals surface area contributed by atoms with Gasteiger partial charge in [-0.25, -0.2) is 4.79 Å². The van der Waals surface area contributed by atoms with Crippen LogP contribution in [0.15, 0.2) is 32.8 Å². The van der Waals surface area contributed by atoms with Gasteiger partial charge in [-0.3, -0.25) is 4.79 Å². The predicted octanol–water partition coefficient (Wildman–Crippen LogP) is 3.43. The van der Waals surface area contributed by atoms with Crippen molar-refractivity contribution in [1.82, 2.24) is 14.3 Å². The molecule has 0 saturated heterocycles. The fourth-order valence-corrected chi connectivity index (χ4v) is 3.28. The first-order valence-corrected chi connectivity index (χ1v) is 8.42. The van der Waals surface area contributed by atoms with E-state index in [0.717, 1.165) is 9.25 Å². The fraction of sp³-hybridized carbons (Fsp3) is 0.312. The summed E-state index contributed by atoms with van der Waals surface area (Å²) in [6.07, 6.45) is -4.40. The fourth-order valence-electron chi connectivity index (χ4n) is 2.63. The van der Waals surface area contributed by atoms with E-state index >= 15 is 0 Å². The molecule has 0 aromatic carbocycles. The minimum absolute atomic E-state index is 0.0975. The quantitative estimate of drug-likeness (QED) is 0.631. The number of carbonyl (C=O) groups excluding carboxylic acids is 1. The Bertz CT molecular complexity index is 997. The van der Waals surface area contributed by atoms with Gasteiger partial charge in [0, 0.05) is 17.0 Å². The van der Waals surface area contributed by atoms with Crippen LogP contribution in [0.25, 0.3) is 10.8 Å². The summed E-state index contributed by atoms with van der Waals surface area (Å²) in [6.45, 7) is 1.34. The van der Waals surface area contributed by atoms with Gasteiger partial charge in [0.25, 0.3) is 5.89 Å². The van der Waals surface area contributed by atoms with E-state index in [2.05, 4.69) is 5.10 Å². The summed E-state index contributed by atoms with van der Waals surface area (Å²) in [5.41, 5.74) is 0.633. The number of aromatic nitrogens is 3. The van der Waals surface area contributed by atoms with Gasteiger partial charge in [0.05, 0.1) is 4.88 Å². The topological polar surface area (TPSA) is 70.0 Å². The highest BCUT2D eigenvalue weighted by atomic mass is 32.1. The maximum Gasteiger partial charge on any atom is 0.437 e. The van der Waals surface area contributed by atoms with Gasteiger partial charge in [0.1, 0.15) is 13.1 Å². The Morgan fingerprint density at radius 1 is 1.35 bits per heavy atom. The summed E-state index contributed by atoms with van der Waals surface area (Å²) >= 11 is 1.32.